The van der Waals surface area contributed by atoms with E-state index in [1.54, 1.807) is 0 Å². The van der Waals surface area contributed by atoms with Crippen LogP contribution in [0.4, 0.5) is 0 Å². The number of hydrogen-bond donors (Lipinski definition) is 0. The quantitative estimate of drug-likeness (QED) is 0.545. The molecule has 0 unspecified atom stereocenters. The highest BCUT2D eigenvalue weighted by Crippen LogP contribution is 2.10. The van der Waals surface area contributed by atoms with Gasteiger partial charge < -0.3 is 4.74 Å². The molecule has 0 spiro atoms. The average Bonchev–Trinajstić information content (AvgIpc) is 1.95. The molecular formula is C8H17NO. The Balaban J connectivity index is 2.33. The first-order valence-corrected chi connectivity index (χ1v) is 4.06. The smallest absolute Gasteiger partial charge is 0.0700 e. The van der Waals surface area contributed by atoms with Crippen LogP contribution in [0.15, 0.2) is 0 Å². The Labute approximate surface area is 63.2 Å². The van der Waals surface area contributed by atoms with Gasteiger partial charge in [0.25, 0.3) is 0 Å². The number of rotatable bonds is 1. The third-order valence-corrected chi connectivity index (χ3v) is 2.27. The zero-order valence-electron chi connectivity index (χ0n) is 7.13. The lowest BCUT2D eigenvalue weighted by Crippen LogP contribution is -2.45. The lowest BCUT2D eigenvalue weighted by molar-refractivity contribution is -0.0492. The van der Waals surface area contributed by atoms with Gasteiger partial charge in [-0.05, 0) is 20.4 Å². The zero-order chi connectivity index (χ0) is 7.56. The van der Waals surface area contributed by atoms with Gasteiger partial charge in [0.2, 0.25) is 0 Å². The molecule has 0 saturated carbocycles. The minimum atomic E-state index is 0.473. The molecule has 1 heterocycles. The fourth-order valence-corrected chi connectivity index (χ4v) is 1.20. The van der Waals surface area contributed by atoms with Gasteiger partial charge >= 0.3 is 0 Å². The second-order valence-corrected chi connectivity index (χ2v) is 3.15. The molecule has 2 atom stereocenters. The van der Waals surface area contributed by atoms with E-state index in [1.807, 2.05) is 0 Å². The summed E-state index contributed by atoms with van der Waals surface area (Å²) >= 11 is 0. The van der Waals surface area contributed by atoms with Crippen LogP contribution in [0.2, 0.25) is 0 Å². The van der Waals surface area contributed by atoms with Crippen molar-refractivity contribution in [3.8, 4) is 0 Å². The lowest BCUT2D eigenvalue weighted by atomic mass is 10.2. The molecule has 0 aliphatic carbocycles. The summed E-state index contributed by atoms with van der Waals surface area (Å²) in [5, 5.41) is 0. The highest BCUT2D eigenvalue weighted by Gasteiger charge is 2.21. The third kappa shape index (κ3) is 1.70. The summed E-state index contributed by atoms with van der Waals surface area (Å²) in [6, 6.07) is 0.600. The van der Waals surface area contributed by atoms with Gasteiger partial charge in [0.1, 0.15) is 0 Å². The second-order valence-electron chi connectivity index (χ2n) is 3.15. The molecule has 2 heteroatoms. The standard InChI is InChI=1S/C8H17NO/c1-4-8-5-9(3)7(2)6-10-8/h7-8H,4-6H2,1-3H3/t7-,8-/m1/s1. The van der Waals surface area contributed by atoms with Gasteiger partial charge in [0.15, 0.2) is 0 Å². The van der Waals surface area contributed by atoms with Gasteiger partial charge in [-0.3, -0.25) is 4.90 Å². The van der Waals surface area contributed by atoms with E-state index >= 15 is 0 Å². The van der Waals surface area contributed by atoms with Crippen molar-refractivity contribution >= 4 is 0 Å². The summed E-state index contributed by atoms with van der Waals surface area (Å²) in [5.74, 6) is 0. The third-order valence-electron chi connectivity index (χ3n) is 2.27. The zero-order valence-corrected chi connectivity index (χ0v) is 7.13. The maximum atomic E-state index is 5.57. The van der Waals surface area contributed by atoms with Gasteiger partial charge in [0.05, 0.1) is 12.7 Å². The predicted octanol–water partition coefficient (Wildman–Crippen LogP) is 1.12. The molecule has 1 aliphatic heterocycles. The Hall–Kier alpha value is -0.0800. The molecule has 1 rings (SSSR count). The minimum Gasteiger partial charge on any atom is -0.375 e. The summed E-state index contributed by atoms with van der Waals surface area (Å²) < 4.78 is 5.57. The Bertz CT molecular complexity index is 105. The van der Waals surface area contributed by atoms with Crippen molar-refractivity contribution in [3.63, 3.8) is 0 Å². The summed E-state index contributed by atoms with van der Waals surface area (Å²) in [6.45, 7) is 6.37. The molecule has 0 amide bonds. The first-order chi connectivity index (χ1) is 4.74. The van der Waals surface area contributed by atoms with Gasteiger partial charge in [-0.25, -0.2) is 0 Å². The van der Waals surface area contributed by atoms with Crippen molar-refractivity contribution in [2.24, 2.45) is 0 Å². The van der Waals surface area contributed by atoms with Crippen LogP contribution < -0.4 is 0 Å². The van der Waals surface area contributed by atoms with Crippen LogP contribution in [0.5, 0.6) is 0 Å². The van der Waals surface area contributed by atoms with Crippen LogP contribution in [0, 0.1) is 0 Å². The molecule has 0 aromatic rings. The van der Waals surface area contributed by atoms with Gasteiger partial charge in [-0.2, -0.15) is 0 Å². The van der Waals surface area contributed by atoms with E-state index in [0.717, 1.165) is 19.6 Å². The van der Waals surface area contributed by atoms with E-state index in [-0.39, 0.29) is 0 Å². The van der Waals surface area contributed by atoms with E-state index in [9.17, 15) is 0 Å². The predicted molar refractivity (Wildman–Crippen MR) is 42.1 cm³/mol. The molecule has 60 valence electrons. The summed E-state index contributed by atoms with van der Waals surface area (Å²) in [5.41, 5.74) is 0. The molecule has 1 aliphatic rings. The van der Waals surface area contributed by atoms with Crippen molar-refractivity contribution < 1.29 is 4.74 Å². The Kier molecular flexibility index (Phi) is 2.69. The van der Waals surface area contributed by atoms with E-state index in [2.05, 4.69) is 25.8 Å². The van der Waals surface area contributed by atoms with E-state index < -0.39 is 0 Å². The molecule has 2 nitrogen and oxygen atoms in total. The minimum absolute atomic E-state index is 0.473. The number of likely N-dealkylation sites (N-methyl/N-ethyl adjacent to an activating group) is 1. The van der Waals surface area contributed by atoms with Gasteiger partial charge in [0, 0.05) is 12.6 Å². The molecule has 0 bridgehead atoms. The van der Waals surface area contributed by atoms with E-state index in [1.165, 1.54) is 0 Å². The van der Waals surface area contributed by atoms with Crippen LogP contribution in [-0.2, 0) is 4.74 Å². The van der Waals surface area contributed by atoms with Gasteiger partial charge in [-0.1, -0.05) is 6.92 Å². The fourth-order valence-electron chi connectivity index (χ4n) is 1.20. The maximum absolute atomic E-state index is 5.57. The van der Waals surface area contributed by atoms with Crippen LogP contribution in [-0.4, -0.2) is 37.2 Å². The number of hydrogen-bond acceptors (Lipinski definition) is 2. The molecule has 0 aromatic carbocycles. The first-order valence-electron chi connectivity index (χ1n) is 4.06. The van der Waals surface area contributed by atoms with Crippen LogP contribution in [0.25, 0.3) is 0 Å². The van der Waals surface area contributed by atoms with Gasteiger partial charge in [-0.15, -0.1) is 0 Å². The topological polar surface area (TPSA) is 12.5 Å². The van der Waals surface area contributed by atoms with Crippen molar-refractivity contribution in [1.29, 1.82) is 0 Å². The summed E-state index contributed by atoms with van der Waals surface area (Å²) in [7, 11) is 2.16. The molecule has 1 saturated heterocycles. The van der Waals surface area contributed by atoms with Crippen molar-refractivity contribution in [2.75, 3.05) is 20.2 Å². The monoisotopic (exact) mass is 143 g/mol. The average molecular weight is 143 g/mol. The largest absolute Gasteiger partial charge is 0.375 e. The van der Waals surface area contributed by atoms with Crippen LogP contribution in [0.1, 0.15) is 20.3 Å². The second kappa shape index (κ2) is 3.35. The van der Waals surface area contributed by atoms with Crippen molar-refractivity contribution in [2.45, 2.75) is 32.4 Å². The number of morpholine rings is 1. The Morgan fingerprint density at radius 3 is 2.80 bits per heavy atom. The SMILES string of the molecule is CC[C@@H]1CN(C)[C@H](C)CO1. The maximum Gasteiger partial charge on any atom is 0.0700 e. The molecular weight excluding hydrogens is 126 g/mol. The van der Waals surface area contributed by atoms with E-state index in [0.29, 0.717) is 12.1 Å². The van der Waals surface area contributed by atoms with E-state index in [4.69, 9.17) is 4.74 Å². The normalized spacial score (nSPS) is 36.3. The van der Waals surface area contributed by atoms with Crippen LogP contribution in [0.3, 0.4) is 0 Å². The number of ether oxygens (including phenoxy) is 1. The highest BCUT2D eigenvalue weighted by molar-refractivity contribution is 4.73. The van der Waals surface area contributed by atoms with Crippen molar-refractivity contribution in [3.05, 3.63) is 0 Å². The lowest BCUT2D eigenvalue weighted by Gasteiger charge is -2.34. The molecule has 1 fully saturated rings. The fraction of sp³-hybridized carbons (Fsp3) is 1.00. The highest BCUT2D eigenvalue weighted by atomic mass is 16.5. The molecule has 0 N–H and O–H groups in total. The van der Waals surface area contributed by atoms with Crippen LogP contribution >= 0.6 is 0 Å². The molecule has 0 radical (unpaired) electrons. The first kappa shape index (κ1) is 8.02. The Morgan fingerprint density at radius 1 is 1.60 bits per heavy atom. The number of nitrogens with zero attached hydrogens (tertiary/aromatic N) is 1. The molecule has 10 heavy (non-hydrogen) atoms. The molecule has 0 aromatic heterocycles. The van der Waals surface area contributed by atoms with Crippen molar-refractivity contribution in [1.82, 2.24) is 4.90 Å². The summed E-state index contributed by atoms with van der Waals surface area (Å²) in [6.07, 6.45) is 1.61. The summed E-state index contributed by atoms with van der Waals surface area (Å²) in [4.78, 5) is 2.36. The Morgan fingerprint density at radius 2 is 2.30 bits per heavy atom.